The van der Waals surface area contributed by atoms with E-state index in [-0.39, 0.29) is 11.5 Å². The molecule has 0 saturated carbocycles. The summed E-state index contributed by atoms with van der Waals surface area (Å²) in [5, 5.41) is 15.1. The van der Waals surface area contributed by atoms with Crippen molar-refractivity contribution in [3.63, 3.8) is 0 Å². The zero-order chi connectivity index (χ0) is 24.0. The minimum atomic E-state index is -0.422. The van der Waals surface area contributed by atoms with Crippen LogP contribution in [0.2, 0.25) is 0 Å². The van der Waals surface area contributed by atoms with Gasteiger partial charge in [0.2, 0.25) is 11.6 Å². The van der Waals surface area contributed by atoms with Crippen LogP contribution in [-0.2, 0) is 0 Å². The quantitative estimate of drug-likeness (QED) is 0.290. The van der Waals surface area contributed by atoms with E-state index >= 15 is 0 Å². The van der Waals surface area contributed by atoms with Gasteiger partial charge < -0.3 is 19.9 Å². The Bertz CT molecular complexity index is 1280. The molecule has 0 radical (unpaired) electrons. The highest BCUT2D eigenvalue weighted by Crippen LogP contribution is 2.35. The lowest BCUT2D eigenvalue weighted by atomic mass is 10.2. The smallest absolute Gasteiger partial charge is 0.353 e. The maximum absolute atomic E-state index is 12.0. The van der Waals surface area contributed by atoms with Gasteiger partial charge in [0.25, 0.3) is 0 Å². The van der Waals surface area contributed by atoms with Crippen LogP contribution in [0, 0.1) is 10.1 Å². The minimum absolute atomic E-state index is 0.134. The second kappa shape index (κ2) is 10.1. The molecule has 2 heterocycles. The van der Waals surface area contributed by atoms with Gasteiger partial charge in [-0.1, -0.05) is 36.4 Å². The van der Waals surface area contributed by atoms with Crippen LogP contribution in [0.4, 0.5) is 28.7 Å². The van der Waals surface area contributed by atoms with Gasteiger partial charge in [-0.3, -0.25) is 10.1 Å². The molecule has 0 atom stereocenters. The molecule has 1 N–H and O–H groups in total. The topological polar surface area (TPSA) is 96.7 Å². The first kappa shape index (κ1) is 22.1. The third kappa shape index (κ3) is 5.14. The first-order valence-electron chi connectivity index (χ1n) is 11.3. The van der Waals surface area contributed by atoms with E-state index in [1.165, 1.54) is 6.33 Å². The van der Waals surface area contributed by atoms with E-state index in [0.717, 1.165) is 24.5 Å². The van der Waals surface area contributed by atoms with Crippen molar-refractivity contribution >= 4 is 28.7 Å². The van der Waals surface area contributed by atoms with Gasteiger partial charge in [0.1, 0.15) is 17.8 Å². The molecule has 3 aromatic carbocycles. The number of nitro groups is 1. The van der Waals surface area contributed by atoms with Crippen molar-refractivity contribution in [3.05, 3.63) is 101 Å². The maximum Gasteiger partial charge on any atom is 0.353 e. The number of ether oxygens (including phenoxy) is 1. The van der Waals surface area contributed by atoms with Crippen molar-refractivity contribution in [1.82, 2.24) is 9.97 Å². The molecular weight excluding hydrogens is 444 g/mol. The predicted molar refractivity (Wildman–Crippen MR) is 136 cm³/mol. The average molecular weight is 469 g/mol. The molecule has 0 unspecified atom stereocenters. The Kier molecular flexibility index (Phi) is 6.38. The molecule has 9 nitrogen and oxygen atoms in total. The van der Waals surface area contributed by atoms with Crippen molar-refractivity contribution < 1.29 is 9.66 Å². The molecule has 35 heavy (non-hydrogen) atoms. The molecule has 1 fully saturated rings. The molecular formula is C26H24N6O3. The highest BCUT2D eigenvalue weighted by atomic mass is 16.6. The maximum atomic E-state index is 12.0. The highest BCUT2D eigenvalue weighted by molar-refractivity contribution is 5.74. The van der Waals surface area contributed by atoms with Crippen LogP contribution >= 0.6 is 0 Å². The summed E-state index contributed by atoms with van der Waals surface area (Å²) in [6, 6.07) is 26.8. The second-order valence-corrected chi connectivity index (χ2v) is 8.03. The summed E-state index contributed by atoms with van der Waals surface area (Å²) in [6.45, 7) is 2.74. The number of anilines is 4. The van der Waals surface area contributed by atoms with Gasteiger partial charge in [0.15, 0.2) is 0 Å². The number of nitrogens with one attached hydrogen (secondary N) is 1. The van der Waals surface area contributed by atoms with Crippen molar-refractivity contribution in [1.29, 1.82) is 0 Å². The molecule has 176 valence electrons. The van der Waals surface area contributed by atoms with Crippen LogP contribution in [0.5, 0.6) is 11.5 Å². The molecule has 1 aromatic heterocycles. The fourth-order valence-electron chi connectivity index (χ4n) is 4.04. The van der Waals surface area contributed by atoms with E-state index in [1.54, 1.807) is 24.3 Å². The van der Waals surface area contributed by atoms with E-state index in [2.05, 4.69) is 32.3 Å². The Morgan fingerprint density at radius 2 is 1.37 bits per heavy atom. The van der Waals surface area contributed by atoms with Crippen LogP contribution in [0.25, 0.3) is 0 Å². The summed E-state index contributed by atoms with van der Waals surface area (Å²) in [7, 11) is 0. The van der Waals surface area contributed by atoms with Crippen LogP contribution in [0.15, 0.2) is 91.3 Å². The van der Waals surface area contributed by atoms with E-state index in [4.69, 9.17) is 4.74 Å². The third-order valence-corrected chi connectivity index (χ3v) is 5.78. The largest absolute Gasteiger partial charge is 0.457 e. The van der Waals surface area contributed by atoms with Gasteiger partial charge in [-0.15, -0.1) is 0 Å². The normalized spacial score (nSPS) is 13.4. The molecule has 0 spiro atoms. The number of rotatable bonds is 7. The molecule has 5 rings (SSSR count). The Hall–Kier alpha value is -4.66. The summed E-state index contributed by atoms with van der Waals surface area (Å²) in [6.07, 6.45) is 1.36. The summed E-state index contributed by atoms with van der Waals surface area (Å²) in [5.74, 6) is 1.87. The van der Waals surface area contributed by atoms with E-state index in [9.17, 15) is 10.1 Å². The number of nitrogens with zero attached hydrogens (tertiary/aromatic N) is 5. The Morgan fingerprint density at radius 1 is 0.771 bits per heavy atom. The number of hydrogen-bond acceptors (Lipinski definition) is 8. The van der Waals surface area contributed by atoms with Gasteiger partial charge in [0, 0.05) is 37.6 Å². The fraction of sp³-hybridized carbons (Fsp3) is 0.154. The fourth-order valence-corrected chi connectivity index (χ4v) is 4.04. The SMILES string of the molecule is O=[N+]([O-])c1c(Nc2ccc(Oc3ccccc3)cc2)ncnc1N1CCN(c2ccccc2)CC1. The Morgan fingerprint density at radius 3 is 2.03 bits per heavy atom. The van der Waals surface area contributed by atoms with Crippen LogP contribution in [0.3, 0.4) is 0 Å². The van der Waals surface area contributed by atoms with Crippen LogP contribution < -0.4 is 19.9 Å². The lowest BCUT2D eigenvalue weighted by Crippen LogP contribution is -2.47. The lowest BCUT2D eigenvalue weighted by Gasteiger charge is -2.36. The molecule has 0 aliphatic carbocycles. The summed E-state index contributed by atoms with van der Waals surface area (Å²) >= 11 is 0. The average Bonchev–Trinajstić information content (AvgIpc) is 2.91. The number of piperazine rings is 1. The number of para-hydroxylation sites is 2. The zero-order valence-corrected chi connectivity index (χ0v) is 18.9. The van der Waals surface area contributed by atoms with Crippen molar-refractivity contribution in [2.45, 2.75) is 0 Å². The highest BCUT2D eigenvalue weighted by Gasteiger charge is 2.29. The van der Waals surface area contributed by atoms with Crippen LogP contribution in [-0.4, -0.2) is 41.1 Å². The van der Waals surface area contributed by atoms with Gasteiger partial charge in [0.05, 0.1) is 4.92 Å². The van der Waals surface area contributed by atoms with Gasteiger partial charge in [-0.2, -0.15) is 0 Å². The summed E-state index contributed by atoms with van der Waals surface area (Å²) in [5.41, 5.74) is 1.67. The van der Waals surface area contributed by atoms with Crippen molar-refractivity contribution in [2.75, 3.05) is 41.3 Å². The minimum Gasteiger partial charge on any atom is -0.457 e. The molecule has 1 saturated heterocycles. The standard InChI is InChI=1S/C26H24N6O3/c33-32(34)24-25(29-20-11-13-23(14-12-20)35-22-9-5-2-6-10-22)27-19-28-26(24)31-17-15-30(16-18-31)21-7-3-1-4-8-21/h1-14,19H,15-18H2,(H,27,28,29). The number of aromatic nitrogens is 2. The Balaban J connectivity index is 1.31. The number of hydrogen-bond donors (Lipinski definition) is 1. The predicted octanol–water partition coefficient (Wildman–Crippen LogP) is 5.25. The zero-order valence-electron chi connectivity index (χ0n) is 18.9. The Labute approximate surface area is 202 Å². The molecule has 9 heteroatoms. The first-order chi connectivity index (χ1) is 17.2. The molecule has 0 amide bonds. The van der Waals surface area contributed by atoms with Gasteiger partial charge >= 0.3 is 5.69 Å². The second-order valence-electron chi connectivity index (χ2n) is 8.03. The first-order valence-corrected chi connectivity index (χ1v) is 11.3. The third-order valence-electron chi connectivity index (χ3n) is 5.78. The van der Waals surface area contributed by atoms with E-state index < -0.39 is 4.92 Å². The molecule has 1 aliphatic heterocycles. The van der Waals surface area contributed by atoms with Crippen LogP contribution in [0.1, 0.15) is 0 Å². The molecule has 1 aliphatic rings. The van der Waals surface area contributed by atoms with E-state index in [1.807, 2.05) is 53.4 Å². The summed E-state index contributed by atoms with van der Waals surface area (Å²) < 4.78 is 5.81. The van der Waals surface area contributed by atoms with E-state index in [0.29, 0.717) is 30.3 Å². The van der Waals surface area contributed by atoms with Crippen molar-refractivity contribution in [3.8, 4) is 11.5 Å². The lowest BCUT2D eigenvalue weighted by molar-refractivity contribution is -0.383. The number of benzene rings is 3. The summed E-state index contributed by atoms with van der Waals surface area (Å²) in [4.78, 5) is 24.3. The van der Waals surface area contributed by atoms with Gasteiger partial charge in [-0.25, -0.2) is 9.97 Å². The molecule has 4 aromatic rings. The van der Waals surface area contributed by atoms with Crippen molar-refractivity contribution in [2.24, 2.45) is 0 Å². The van der Waals surface area contributed by atoms with Gasteiger partial charge in [-0.05, 0) is 48.5 Å². The monoisotopic (exact) mass is 468 g/mol. The molecule has 0 bridgehead atoms.